The van der Waals surface area contributed by atoms with Crippen molar-refractivity contribution in [2.24, 2.45) is 5.92 Å². The number of halogens is 1. The Morgan fingerprint density at radius 1 is 1.18 bits per heavy atom. The van der Waals surface area contributed by atoms with E-state index in [0.717, 1.165) is 16.4 Å². The normalized spacial score (nSPS) is 25.7. The first-order valence-corrected chi connectivity index (χ1v) is 7.52. The molecule has 92 valence electrons. The SMILES string of the molecule is Brc1cnccc1N1CCCC1C1CCCC1. The fourth-order valence-electron chi connectivity index (χ4n) is 3.52. The van der Waals surface area contributed by atoms with Gasteiger partial charge in [0, 0.05) is 25.0 Å². The summed E-state index contributed by atoms with van der Waals surface area (Å²) in [6, 6.07) is 2.92. The highest BCUT2D eigenvalue weighted by Gasteiger charge is 2.33. The monoisotopic (exact) mass is 294 g/mol. The van der Waals surface area contributed by atoms with Crippen LogP contribution in [0.5, 0.6) is 0 Å². The first-order valence-electron chi connectivity index (χ1n) is 6.72. The predicted octanol–water partition coefficient (Wildman–Crippen LogP) is 4.00. The van der Waals surface area contributed by atoms with Gasteiger partial charge in [-0.2, -0.15) is 0 Å². The van der Waals surface area contributed by atoms with E-state index in [-0.39, 0.29) is 0 Å². The smallest absolute Gasteiger partial charge is 0.0592 e. The molecule has 3 heteroatoms. The lowest BCUT2D eigenvalue weighted by atomic mass is 9.96. The van der Waals surface area contributed by atoms with Gasteiger partial charge in [0.1, 0.15) is 0 Å². The quantitative estimate of drug-likeness (QED) is 0.819. The van der Waals surface area contributed by atoms with Crippen LogP contribution in [-0.4, -0.2) is 17.6 Å². The Morgan fingerprint density at radius 3 is 2.76 bits per heavy atom. The van der Waals surface area contributed by atoms with E-state index in [1.165, 1.54) is 50.8 Å². The molecular formula is C14H19BrN2. The van der Waals surface area contributed by atoms with Crippen molar-refractivity contribution >= 4 is 21.6 Å². The summed E-state index contributed by atoms with van der Waals surface area (Å²) in [7, 11) is 0. The number of hydrogen-bond donors (Lipinski definition) is 0. The molecule has 0 amide bonds. The van der Waals surface area contributed by atoms with E-state index >= 15 is 0 Å². The van der Waals surface area contributed by atoms with E-state index < -0.39 is 0 Å². The highest BCUT2D eigenvalue weighted by molar-refractivity contribution is 9.10. The lowest BCUT2D eigenvalue weighted by Crippen LogP contribution is -2.34. The van der Waals surface area contributed by atoms with Crippen molar-refractivity contribution in [1.29, 1.82) is 0 Å². The van der Waals surface area contributed by atoms with E-state index in [9.17, 15) is 0 Å². The topological polar surface area (TPSA) is 16.1 Å². The molecule has 2 aliphatic rings. The highest BCUT2D eigenvalue weighted by atomic mass is 79.9. The van der Waals surface area contributed by atoms with E-state index in [1.54, 1.807) is 0 Å². The van der Waals surface area contributed by atoms with Gasteiger partial charge in [-0.25, -0.2) is 0 Å². The van der Waals surface area contributed by atoms with Gasteiger partial charge < -0.3 is 4.90 Å². The summed E-state index contributed by atoms with van der Waals surface area (Å²) in [4.78, 5) is 6.78. The first-order chi connectivity index (χ1) is 8.36. The maximum atomic E-state index is 4.17. The lowest BCUT2D eigenvalue weighted by molar-refractivity contribution is 0.430. The molecule has 1 aliphatic heterocycles. The molecule has 1 atom stereocenters. The van der Waals surface area contributed by atoms with Gasteiger partial charge in [-0.3, -0.25) is 4.98 Å². The van der Waals surface area contributed by atoms with Crippen molar-refractivity contribution in [2.75, 3.05) is 11.4 Å². The second kappa shape index (κ2) is 4.97. The summed E-state index contributed by atoms with van der Waals surface area (Å²) in [5, 5.41) is 0. The summed E-state index contributed by atoms with van der Waals surface area (Å²) in [6.07, 6.45) is 12.3. The second-order valence-corrected chi connectivity index (χ2v) is 6.13. The van der Waals surface area contributed by atoms with Gasteiger partial charge in [-0.05, 0) is 53.6 Å². The Morgan fingerprint density at radius 2 is 2.00 bits per heavy atom. The summed E-state index contributed by atoms with van der Waals surface area (Å²) in [5.74, 6) is 0.928. The predicted molar refractivity (Wildman–Crippen MR) is 74.3 cm³/mol. The minimum absolute atomic E-state index is 0.774. The van der Waals surface area contributed by atoms with Crippen molar-refractivity contribution in [3.63, 3.8) is 0 Å². The van der Waals surface area contributed by atoms with Crippen LogP contribution in [0.25, 0.3) is 0 Å². The van der Waals surface area contributed by atoms with Gasteiger partial charge in [0.25, 0.3) is 0 Å². The van der Waals surface area contributed by atoms with Crippen LogP contribution in [0.1, 0.15) is 38.5 Å². The zero-order valence-electron chi connectivity index (χ0n) is 10.1. The Hall–Kier alpha value is -0.570. The number of pyridine rings is 1. The largest absolute Gasteiger partial charge is 0.367 e. The van der Waals surface area contributed by atoms with Gasteiger partial charge in [-0.1, -0.05) is 12.8 Å². The standard InChI is InChI=1S/C14H19BrN2/c15-12-10-16-8-7-14(12)17-9-3-6-13(17)11-4-1-2-5-11/h7-8,10-11,13H,1-6,9H2. The van der Waals surface area contributed by atoms with E-state index in [4.69, 9.17) is 0 Å². The number of nitrogens with zero attached hydrogens (tertiary/aromatic N) is 2. The maximum absolute atomic E-state index is 4.17. The lowest BCUT2D eigenvalue weighted by Gasteiger charge is -2.31. The molecule has 1 aromatic rings. The second-order valence-electron chi connectivity index (χ2n) is 5.27. The summed E-state index contributed by atoms with van der Waals surface area (Å²) in [5.41, 5.74) is 1.34. The van der Waals surface area contributed by atoms with Gasteiger partial charge >= 0.3 is 0 Å². The zero-order valence-corrected chi connectivity index (χ0v) is 11.7. The molecule has 0 N–H and O–H groups in total. The molecule has 17 heavy (non-hydrogen) atoms. The fraction of sp³-hybridized carbons (Fsp3) is 0.643. The van der Waals surface area contributed by atoms with Crippen LogP contribution < -0.4 is 4.90 Å². The molecule has 2 heterocycles. The van der Waals surface area contributed by atoms with Crippen molar-refractivity contribution in [3.8, 4) is 0 Å². The summed E-state index contributed by atoms with van der Waals surface area (Å²) in [6.45, 7) is 1.21. The Bertz CT molecular complexity index is 388. The Labute approximate surface area is 112 Å². The molecule has 1 saturated carbocycles. The molecule has 2 fully saturated rings. The van der Waals surface area contributed by atoms with Crippen molar-refractivity contribution in [3.05, 3.63) is 22.9 Å². The maximum Gasteiger partial charge on any atom is 0.0592 e. The van der Waals surface area contributed by atoms with Gasteiger partial charge in [0.2, 0.25) is 0 Å². The third-order valence-corrected chi connectivity index (χ3v) is 4.91. The van der Waals surface area contributed by atoms with E-state index in [1.807, 2.05) is 12.4 Å². The average molecular weight is 295 g/mol. The number of anilines is 1. The summed E-state index contributed by atoms with van der Waals surface area (Å²) < 4.78 is 1.14. The molecule has 0 bridgehead atoms. The van der Waals surface area contributed by atoms with Crippen molar-refractivity contribution in [1.82, 2.24) is 4.98 Å². The zero-order chi connectivity index (χ0) is 11.7. The summed E-state index contributed by atoms with van der Waals surface area (Å²) >= 11 is 3.64. The van der Waals surface area contributed by atoms with Crippen LogP contribution in [0.15, 0.2) is 22.9 Å². The first kappa shape index (κ1) is 11.5. The molecule has 1 aliphatic carbocycles. The average Bonchev–Trinajstić information content (AvgIpc) is 3.00. The molecule has 1 saturated heterocycles. The molecule has 0 spiro atoms. The van der Waals surface area contributed by atoms with Crippen molar-refractivity contribution < 1.29 is 0 Å². The molecular weight excluding hydrogens is 276 g/mol. The molecule has 2 nitrogen and oxygen atoms in total. The third-order valence-electron chi connectivity index (χ3n) is 4.30. The number of hydrogen-bond acceptors (Lipinski definition) is 2. The fourth-order valence-corrected chi connectivity index (χ4v) is 4.00. The van der Waals surface area contributed by atoms with Crippen LogP contribution in [0.4, 0.5) is 5.69 Å². The minimum Gasteiger partial charge on any atom is -0.367 e. The number of aromatic nitrogens is 1. The van der Waals surface area contributed by atoms with E-state index in [2.05, 4.69) is 31.9 Å². The Balaban J connectivity index is 1.84. The van der Waals surface area contributed by atoms with Crippen LogP contribution in [0.3, 0.4) is 0 Å². The van der Waals surface area contributed by atoms with Crippen molar-refractivity contribution in [2.45, 2.75) is 44.6 Å². The van der Waals surface area contributed by atoms with Crippen LogP contribution in [-0.2, 0) is 0 Å². The van der Waals surface area contributed by atoms with Gasteiger partial charge in [-0.15, -0.1) is 0 Å². The molecule has 0 aromatic carbocycles. The third kappa shape index (κ3) is 2.22. The minimum atomic E-state index is 0.774. The molecule has 1 aromatic heterocycles. The van der Waals surface area contributed by atoms with Crippen LogP contribution >= 0.6 is 15.9 Å². The van der Waals surface area contributed by atoms with Crippen LogP contribution in [0, 0.1) is 5.92 Å². The molecule has 1 unspecified atom stereocenters. The molecule has 0 radical (unpaired) electrons. The van der Waals surface area contributed by atoms with Crippen LogP contribution in [0.2, 0.25) is 0 Å². The Kier molecular flexibility index (Phi) is 3.37. The van der Waals surface area contributed by atoms with Gasteiger partial charge in [0.15, 0.2) is 0 Å². The number of rotatable bonds is 2. The van der Waals surface area contributed by atoms with Gasteiger partial charge in [0.05, 0.1) is 10.2 Å². The molecule has 3 rings (SSSR count). The van der Waals surface area contributed by atoms with E-state index in [0.29, 0.717) is 0 Å². The highest BCUT2D eigenvalue weighted by Crippen LogP contribution is 2.39.